The molecule has 0 radical (unpaired) electrons. The van der Waals surface area contributed by atoms with Gasteiger partial charge in [0.1, 0.15) is 21.7 Å². The minimum absolute atomic E-state index is 0.234. The summed E-state index contributed by atoms with van der Waals surface area (Å²) in [7, 11) is 0. The van der Waals surface area contributed by atoms with E-state index in [9.17, 15) is 14.9 Å². The maximum atomic E-state index is 12.3. The highest BCUT2D eigenvalue weighted by atomic mass is 79.9. The van der Waals surface area contributed by atoms with Crippen LogP contribution < -0.4 is 10.1 Å². The molecule has 0 spiro atoms. The van der Waals surface area contributed by atoms with Crippen LogP contribution in [0.25, 0.3) is 0 Å². The zero-order valence-electron chi connectivity index (χ0n) is 16.6. The molecule has 0 atom stereocenters. The lowest BCUT2D eigenvalue weighted by Gasteiger charge is -2.09. The van der Waals surface area contributed by atoms with Gasteiger partial charge in [0, 0.05) is 6.42 Å². The van der Waals surface area contributed by atoms with E-state index in [0.29, 0.717) is 34.0 Å². The van der Waals surface area contributed by atoms with E-state index in [1.165, 1.54) is 5.56 Å². The molecular weight excluding hydrogens is 456 g/mol. The van der Waals surface area contributed by atoms with Crippen LogP contribution in [0.1, 0.15) is 53.1 Å². The first kappa shape index (κ1) is 22.9. The van der Waals surface area contributed by atoms with Gasteiger partial charge >= 0.3 is 5.97 Å². The number of nitrogens with zero attached hydrogens (tertiary/aromatic N) is 1. The van der Waals surface area contributed by atoms with Gasteiger partial charge in [-0.05, 0) is 65.9 Å². The van der Waals surface area contributed by atoms with Crippen LogP contribution in [-0.2, 0) is 16.0 Å². The molecule has 2 rings (SSSR count). The van der Waals surface area contributed by atoms with Gasteiger partial charge < -0.3 is 14.8 Å². The molecule has 0 aliphatic heterocycles. The van der Waals surface area contributed by atoms with Gasteiger partial charge in [-0.1, -0.05) is 13.0 Å². The third kappa shape index (κ3) is 6.05. The smallest absolute Gasteiger partial charge is 0.348 e. The highest BCUT2D eigenvalue weighted by Crippen LogP contribution is 2.33. The number of aryl methyl sites for hydroxylation is 1. The number of hydrogen-bond donors (Lipinski definition) is 1. The lowest BCUT2D eigenvalue weighted by Crippen LogP contribution is -2.12. The first-order valence-electron chi connectivity index (χ1n) is 9.32. The van der Waals surface area contributed by atoms with Crippen LogP contribution in [0.4, 0.5) is 5.00 Å². The van der Waals surface area contributed by atoms with E-state index in [1.54, 1.807) is 13.8 Å². The number of carbonyl (C=O) groups is 2. The number of nitrogens with one attached hydrogen (secondary N) is 1. The molecule has 154 valence electrons. The second-order valence-corrected chi connectivity index (χ2v) is 8.09. The number of hydrogen-bond acceptors (Lipinski definition) is 6. The molecule has 1 aromatic heterocycles. The lowest BCUT2D eigenvalue weighted by molar-refractivity contribution is -0.116. The van der Waals surface area contributed by atoms with E-state index in [2.05, 4.69) is 28.2 Å². The molecule has 0 saturated heterocycles. The predicted octanol–water partition coefficient (Wildman–Crippen LogP) is 5.23. The summed E-state index contributed by atoms with van der Waals surface area (Å²) in [5, 5.41) is 12.5. The van der Waals surface area contributed by atoms with E-state index < -0.39 is 5.97 Å². The summed E-state index contributed by atoms with van der Waals surface area (Å²) < 4.78 is 11.6. The monoisotopic (exact) mass is 478 g/mol. The van der Waals surface area contributed by atoms with Crippen molar-refractivity contribution in [2.75, 3.05) is 18.5 Å². The number of anilines is 1. The summed E-state index contributed by atoms with van der Waals surface area (Å²) in [5.41, 5.74) is 2.03. The molecule has 0 bridgehead atoms. The van der Waals surface area contributed by atoms with Crippen molar-refractivity contribution in [1.82, 2.24) is 0 Å². The number of amides is 1. The molecular formula is C21H23BrN2O4S. The SMILES string of the molecule is CCOC(=O)c1sc(NC(=O)CCCOc2ccc(CC)cc2Br)c(C#N)c1C. The molecule has 1 N–H and O–H groups in total. The van der Waals surface area contributed by atoms with E-state index in [0.717, 1.165) is 28.0 Å². The Labute approximate surface area is 183 Å². The van der Waals surface area contributed by atoms with Crippen molar-refractivity contribution in [1.29, 1.82) is 5.26 Å². The molecule has 2 aromatic rings. The molecule has 8 heteroatoms. The molecule has 6 nitrogen and oxygen atoms in total. The van der Waals surface area contributed by atoms with Crippen molar-refractivity contribution in [3.05, 3.63) is 44.2 Å². The summed E-state index contributed by atoms with van der Waals surface area (Å²) in [6.07, 6.45) is 1.70. The number of rotatable bonds is 9. The second-order valence-electron chi connectivity index (χ2n) is 6.21. The van der Waals surface area contributed by atoms with Crippen molar-refractivity contribution >= 4 is 44.1 Å². The van der Waals surface area contributed by atoms with Crippen molar-refractivity contribution in [2.24, 2.45) is 0 Å². The summed E-state index contributed by atoms with van der Waals surface area (Å²) in [6.45, 7) is 6.11. The number of halogens is 1. The van der Waals surface area contributed by atoms with Crippen LogP contribution in [0.15, 0.2) is 22.7 Å². The molecule has 1 amide bonds. The number of thiophene rings is 1. The van der Waals surface area contributed by atoms with E-state index >= 15 is 0 Å². The third-order valence-electron chi connectivity index (χ3n) is 4.18. The molecule has 0 fully saturated rings. The first-order chi connectivity index (χ1) is 13.9. The van der Waals surface area contributed by atoms with Crippen LogP contribution in [0.3, 0.4) is 0 Å². The molecule has 0 aliphatic carbocycles. The molecule has 0 saturated carbocycles. The lowest BCUT2D eigenvalue weighted by atomic mass is 10.1. The van der Waals surface area contributed by atoms with Crippen LogP contribution in [0.5, 0.6) is 5.75 Å². The van der Waals surface area contributed by atoms with Gasteiger partial charge in [-0.2, -0.15) is 5.26 Å². The average Bonchev–Trinajstić information content (AvgIpc) is 3.01. The van der Waals surface area contributed by atoms with Crippen LogP contribution in [0.2, 0.25) is 0 Å². The Bertz CT molecular complexity index is 933. The largest absolute Gasteiger partial charge is 0.492 e. The van der Waals surface area contributed by atoms with Crippen LogP contribution >= 0.6 is 27.3 Å². The van der Waals surface area contributed by atoms with Crippen molar-refractivity contribution in [2.45, 2.75) is 40.0 Å². The maximum absolute atomic E-state index is 12.3. The number of carbonyl (C=O) groups excluding carboxylic acids is 2. The molecule has 0 unspecified atom stereocenters. The maximum Gasteiger partial charge on any atom is 0.348 e. The van der Waals surface area contributed by atoms with Crippen molar-refractivity contribution < 1.29 is 19.1 Å². The fourth-order valence-corrected chi connectivity index (χ4v) is 4.22. The highest BCUT2D eigenvalue weighted by molar-refractivity contribution is 9.10. The zero-order chi connectivity index (χ0) is 21.4. The quantitative estimate of drug-likeness (QED) is 0.393. The van der Waals surface area contributed by atoms with Gasteiger partial charge in [0.05, 0.1) is 23.2 Å². The van der Waals surface area contributed by atoms with E-state index in [1.807, 2.05) is 24.3 Å². The Morgan fingerprint density at radius 1 is 1.31 bits per heavy atom. The van der Waals surface area contributed by atoms with Crippen LogP contribution in [-0.4, -0.2) is 25.1 Å². The Balaban J connectivity index is 1.90. The van der Waals surface area contributed by atoms with Gasteiger partial charge in [0.2, 0.25) is 5.91 Å². The summed E-state index contributed by atoms with van der Waals surface area (Å²) in [6, 6.07) is 7.99. The minimum atomic E-state index is -0.486. The normalized spacial score (nSPS) is 10.3. The zero-order valence-corrected chi connectivity index (χ0v) is 19.0. The second kappa shape index (κ2) is 11.0. The van der Waals surface area contributed by atoms with Gasteiger partial charge in [0.25, 0.3) is 0 Å². The standard InChI is InChI=1S/C21H23BrN2O4S/c1-4-14-8-9-17(16(22)11-14)28-10-6-7-18(25)24-20-15(12-23)13(3)19(29-20)21(26)27-5-2/h8-9,11H,4-7,10H2,1-3H3,(H,24,25). The Hall–Kier alpha value is -2.37. The van der Waals surface area contributed by atoms with Gasteiger partial charge in [-0.15, -0.1) is 11.3 Å². The van der Waals surface area contributed by atoms with Gasteiger partial charge in [0.15, 0.2) is 0 Å². The average molecular weight is 479 g/mol. The first-order valence-corrected chi connectivity index (χ1v) is 10.9. The topological polar surface area (TPSA) is 88.4 Å². The fourth-order valence-electron chi connectivity index (χ4n) is 2.61. The predicted molar refractivity (Wildman–Crippen MR) is 117 cm³/mol. The van der Waals surface area contributed by atoms with Gasteiger partial charge in [-0.3, -0.25) is 4.79 Å². The number of nitriles is 1. The van der Waals surface area contributed by atoms with Gasteiger partial charge in [-0.25, -0.2) is 4.79 Å². The van der Waals surface area contributed by atoms with Crippen LogP contribution in [0, 0.1) is 18.3 Å². The number of benzene rings is 1. The Kier molecular flexibility index (Phi) is 8.68. The third-order valence-corrected chi connectivity index (χ3v) is 5.99. The Morgan fingerprint density at radius 3 is 2.69 bits per heavy atom. The Morgan fingerprint density at radius 2 is 2.07 bits per heavy atom. The van der Waals surface area contributed by atoms with E-state index in [4.69, 9.17) is 9.47 Å². The summed E-state index contributed by atoms with van der Waals surface area (Å²) >= 11 is 4.55. The van der Waals surface area contributed by atoms with E-state index in [-0.39, 0.29) is 18.9 Å². The number of esters is 1. The van der Waals surface area contributed by atoms with Crippen molar-refractivity contribution in [3.8, 4) is 11.8 Å². The molecule has 1 aromatic carbocycles. The summed E-state index contributed by atoms with van der Waals surface area (Å²) in [4.78, 5) is 24.6. The molecule has 0 aliphatic rings. The fraction of sp³-hybridized carbons (Fsp3) is 0.381. The molecule has 1 heterocycles. The summed E-state index contributed by atoms with van der Waals surface area (Å²) in [5.74, 6) is 0.0181. The highest BCUT2D eigenvalue weighted by Gasteiger charge is 2.22. The minimum Gasteiger partial charge on any atom is -0.492 e. The van der Waals surface area contributed by atoms with Crippen molar-refractivity contribution in [3.63, 3.8) is 0 Å². The molecule has 29 heavy (non-hydrogen) atoms. The number of ether oxygens (including phenoxy) is 2.